The van der Waals surface area contributed by atoms with Gasteiger partial charge in [0.15, 0.2) is 0 Å². The van der Waals surface area contributed by atoms with E-state index in [4.69, 9.17) is 4.98 Å². The Kier molecular flexibility index (Phi) is 6.27. The molecule has 0 aliphatic carbocycles. The standard InChI is InChI=1S/C27H32N4O2/c1-19-5-4-6-21(15-19)18-30-13-10-20(11-14-30)17-28-26(32)22-8-9-23-24(16-22)29-25-7-2-3-12-31(25)27(23)33/h4-6,8-9,15-16,20H,2-3,7,10-14,17-18H2,1H3,(H,28,32). The Hall–Kier alpha value is -2.99. The molecule has 1 fully saturated rings. The Morgan fingerprint density at radius 3 is 2.76 bits per heavy atom. The number of nitrogens with one attached hydrogen (secondary N) is 1. The molecule has 3 heterocycles. The summed E-state index contributed by atoms with van der Waals surface area (Å²) in [4.78, 5) is 32.8. The highest BCUT2D eigenvalue weighted by atomic mass is 16.1. The fourth-order valence-corrected chi connectivity index (χ4v) is 5.14. The smallest absolute Gasteiger partial charge is 0.261 e. The summed E-state index contributed by atoms with van der Waals surface area (Å²) >= 11 is 0. The van der Waals surface area contributed by atoms with Crippen LogP contribution in [-0.2, 0) is 19.5 Å². The van der Waals surface area contributed by atoms with Crippen molar-refractivity contribution in [3.63, 3.8) is 0 Å². The second-order valence-electron chi connectivity index (χ2n) is 9.59. The fraction of sp³-hybridized carbons (Fsp3) is 0.444. The number of rotatable bonds is 5. The van der Waals surface area contributed by atoms with Gasteiger partial charge in [-0.3, -0.25) is 19.1 Å². The molecule has 0 atom stereocenters. The summed E-state index contributed by atoms with van der Waals surface area (Å²) < 4.78 is 1.79. The van der Waals surface area contributed by atoms with Crippen molar-refractivity contribution in [2.75, 3.05) is 19.6 Å². The van der Waals surface area contributed by atoms with Crippen molar-refractivity contribution >= 4 is 16.8 Å². The van der Waals surface area contributed by atoms with E-state index in [9.17, 15) is 9.59 Å². The Morgan fingerprint density at radius 2 is 1.94 bits per heavy atom. The molecule has 5 rings (SSSR count). The second kappa shape index (κ2) is 9.48. The topological polar surface area (TPSA) is 67.2 Å². The number of hydrogen-bond donors (Lipinski definition) is 1. The Labute approximate surface area is 194 Å². The molecule has 3 aromatic rings. The Bertz CT molecular complexity index is 1220. The molecule has 2 aliphatic heterocycles. The van der Waals surface area contributed by atoms with Gasteiger partial charge in [0, 0.05) is 31.6 Å². The van der Waals surface area contributed by atoms with E-state index in [2.05, 4.69) is 41.4 Å². The molecule has 0 saturated carbocycles. The molecule has 2 aliphatic rings. The van der Waals surface area contributed by atoms with E-state index in [-0.39, 0.29) is 11.5 Å². The van der Waals surface area contributed by atoms with Gasteiger partial charge in [0.2, 0.25) is 0 Å². The van der Waals surface area contributed by atoms with Crippen molar-refractivity contribution in [1.82, 2.24) is 19.8 Å². The molecule has 6 nitrogen and oxygen atoms in total. The van der Waals surface area contributed by atoms with E-state index >= 15 is 0 Å². The zero-order chi connectivity index (χ0) is 22.8. The third-order valence-electron chi connectivity index (χ3n) is 7.08. The van der Waals surface area contributed by atoms with Crippen molar-refractivity contribution in [3.8, 4) is 0 Å². The van der Waals surface area contributed by atoms with Gasteiger partial charge in [-0.15, -0.1) is 0 Å². The Morgan fingerprint density at radius 1 is 1.09 bits per heavy atom. The lowest BCUT2D eigenvalue weighted by Crippen LogP contribution is -2.38. The predicted molar refractivity (Wildman–Crippen MR) is 130 cm³/mol. The summed E-state index contributed by atoms with van der Waals surface area (Å²) in [6.45, 7) is 6.68. The molecule has 0 spiro atoms. The van der Waals surface area contributed by atoms with Crippen LogP contribution >= 0.6 is 0 Å². The number of hydrogen-bond acceptors (Lipinski definition) is 4. The summed E-state index contributed by atoms with van der Waals surface area (Å²) in [5.74, 6) is 1.25. The molecule has 0 radical (unpaired) electrons. The third kappa shape index (κ3) is 4.86. The van der Waals surface area contributed by atoms with Crippen LogP contribution in [0.2, 0.25) is 0 Å². The van der Waals surface area contributed by atoms with E-state index in [0.717, 1.165) is 64.1 Å². The van der Waals surface area contributed by atoms with E-state index in [1.165, 1.54) is 11.1 Å². The third-order valence-corrected chi connectivity index (χ3v) is 7.08. The zero-order valence-electron chi connectivity index (χ0n) is 19.3. The van der Waals surface area contributed by atoms with Gasteiger partial charge in [-0.2, -0.15) is 0 Å². The van der Waals surface area contributed by atoms with Gasteiger partial charge in [0.25, 0.3) is 11.5 Å². The normalized spacial score (nSPS) is 17.1. The van der Waals surface area contributed by atoms with Gasteiger partial charge in [-0.25, -0.2) is 4.98 Å². The maximum absolute atomic E-state index is 12.8. The average Bonchev–Trinajstić information content (AvgIpc) is 2.83. The number of aryl methyl sites for hydroxylation is 2. The van der Waals surface area contributed by atoms with Crippen LogP contribution in [0.15, 0.2) is 47.3 Å². The van der Waals surface area contributed by atoms with Crippen LogP contribution in [0, 0.1) is 12.8 Å². The molecule has 1 N–H and O–H groups in total. The Balaban J connectivity index is 1.17. The first-order chi connectivity index (χ1) is 16.1. The van der Waals surface area contributed by atoms with Crippen molar-refractivity contribution < 1.29 is 4.79 Å². The summed E-state index contributed by atoms with van der Waals surface area (Å²) in [5.41, 5.74) is 3.89. The number of likely N-dealkylation sites (tertiary alicyclic amines) is 1. The molecule has 2 aromatic carbocycles. The highest BCUT2D eigenvalue weighted by molar-refractivity contribution is 5.97. The quantitative estimate of drug-likeness (QED) is 0.652. The van der Waals surface area contributed by atoms with Crippen LogP contribution in [-0.4, -0.2) is 40.0 Å². The predicted octanol–water partition coefficient (Wildman–Crippen LogP) is 3.68. The van der Waals surface area contributed by atoms with Crippen LogP contribution < -0.4 is 10.9 Å². The van der Waals surface area contributed by atoms with Gasteiger partial charge < -0.3 is 5.32 Å². The fourth-order valence-electron chi connectivity index (χ4n) is 5.14. The average molecular weight is 445 g/mol. The second-order valence-corrected chi connectivity index (χ2v) is 9.59. The maximum Gasteiger partial charge on any atom is 0.261 e. The number of fused-ring (bicyclic) bond motifs is 2. The van der Waals surface area contributed by atoms with Gasteiger partial charge in [0.1, 0.15) is 5.82 Å². The monoisotopic (exact) mass is 444 g/mol. The highest BCUT2D eigenvalue weighted by Gasteiger charge is 2.21. The van der Waals surface area contributed by atoms with Crippen molar-refractivity contribution in [2.45, 2.75) is 52.1 Å². The summed E-state index contributed by atoms with van der Waals surface area (Å²) in [7, 11) is 0. The zero-order valence-corrected chi connectivity index (χ0v) is 19.3. The van der Waals surface area contributed by atoms with Gasteiger partial charge in [0.05, 0.1) is 10.9 Å². The molecule has 33 heavy (non-hydrogen) atoms. The van der Waals surface area contributed by atoms with Crippen molar-refractivity contribution in [2.24, 2.45) is 5.92 Å². The summed E-state index contributed by atoms with van der Waals surface area (Å²) in [6, 6.07) is 14.0. The van der Waals surface area contributed by atoms with Gasteiger partial charge in [-0.05, 0) is 75.4 Å². The SMILES string of the molecule is Cc1cccc(CN2CCC(CNC(=O)c3ccc4c(=O)n5c(nc4c3)CCCC5)CC2)c1. The lowest BCUT2D eigenvalue weighted by atomic mass is 9.96. The maximum atomic E-state index is 12.8. The van der Waals surface area contributed by atoms with E-state index < -0.39 is 0 Å². The number of carbonyl (C=O) groups excluding carboxylic acids is 1. The van der Waals surface area contributed by atoms with E-state index in [0.29, 0.717) is 28.9 Å². The molecule has 1 amide bonds. The molecule has 0 bridgehead atoms. The molecule has 0 unspecified atom stereocenters. The lowest BCUT2D eigenvalue weighted by Gasteiger charge is -2.32. The van der Waals surface area contributed by atoms with Crippen molar-refractivity contribution in [1.29, 1.82) is 0 Å². The van der Waals surface area contributed by atoms with Crippen molar-refractivity contribution in [3.05, 3.63) is 75.3 Å². The first kappa shape index (κ1) is 21.8. The highest BCUT2D eigenvalue weighted by Crippen LogP contribution is 2.20. The number of benzene rings is 2. The molecule has 1 aromatic heterocycles. The van der Waals surface area contributed by atoms with Crippen LogP contribution in [0.4, 0.5) is 0 Å². The minimum Gasteiger partial charge on any atom is -0.352 e. The molecular weight excluding hydrogens is 412 g/mol. The van der Waals surface area contributed by atoms with Crippen LogP contribution in [0.25, 0.3) is 10.9 Å². The molecule has 172 valence electrons. The van der Waals surface area contributed by atoms with Crippen LogP contribution in [0.1, 0.15) is 53.0 Å². The lowest BCUT2D eigenvalue weighted by molar-refractivity contribution is 0.0935. The first-order valence-electron chi connectivity index (χ1n) is 12.2. The largest absolute Gasteiger partial charge is 0.352 e. The number of carbonyl (C=O) groups is 1. The first-order valence-corrected chi connectivity index (χ1v) is 12.2. The van der Waals surface area contributed by atoms with E-state index in [1.807, 2.05) is 0 Å². The minimum atomic E-state index is -0.0845. The molecule has 6 heteroatoms. The van der Waals surface area contributed by atoms with Gasteiger partial charge >= 0.3 is 0 Å². The van der Waals surface area contributed by atoms with Crippen LogP contribution in [0.5, 0.6) is 0 Å². The summed E-state index contributed by atoms with van der Waals surface area (Å²) in [5, 5.41) is 3.71. The minimum absolute atomic E-state index is 0.0130. The van der Waals surface area contributed by atoms with Crippen LogP contribution in [0.3, 0.4) is 0 Å². The molecule has 1 saturated heterocycles. The van der Waals surface area contributed by atoms with E-state index in [1.54, 1.807) is 22.8 Å². The number of piperidine rings is 1. The van der Waals surface area contributed by atoms with Gasteiger partial charge in [-0.1, -0.05) is 29.8 Å². The number of nitrogens with zero attached hydrogens (tertiary/aromatic N) is 3. The molecular formula is C27H32N4O2. The number of amides is 1. The summed E-state index contributed by atoms with van der Waals surface area (Å²) in [6.07, 6.45) is 5.08. The number of aromatic nitrogens is 2.